The summed E-state index contributed by atoms with van der Waals surface area (Å²) in [5.41, 5.74) is 1.01. The first-order valence-electron chi connectivity index (χ1n) is 12.5. The van der Waals surface area contributed by atoms with Gasteiger partial charge in [0.25, 0.3) is 0 Å². The lowest BCUT2D eigenvalue weighted by Crippen LogP contribution is -2.54. The average molecular weight is 493 g/mol. The summed E-state index contributed by atoms with van der Waals surface area (Å²) in [6.07, 6.45) is 5.33. The number of halogens is 4. The van der Waals surface area contributed by atoms with E-state index in [1.165, 1.54) is 5.57 Å². The van der Waals surface area contributed by atoms with E-state index in [9.17, 15) is 27.2 Å². The van der Waals surface area contributed by atoms with Gasteiger partial charge >= 0.3 is 0 Å². The molecule has 0 unspecified atom stereocenters. The highest BCUT2D eigenvalue weighted by Crippen LogP contribution is 2.67. The summed E-state index contributed by atoms with van der Waals surface area (Å²) < 4.78 is 55.4. The van der Waals surface area contributed by atoms with Gasteiger partial charge in [-0.2, -0.15) is 0 Å². The minimum Gasteiger partial charge on any atom is -0.321 e. The third-order valence-corrected chi connectivity index (χ3v) is 9.99. The van der Waals surface area contributed by atoms with Crippen molar-refractivity contribution in [3.8, 4) is 0 Å². The fourth-order valence-corrected chi connectivity index (χ4v) is 8.43. The van der Waals surface area contributed by atoms with E-state index in [-0.39, 0.29) is 28.7 Å². The van der Waals surface area contributed by atoms with Gasteiger partial charge in [0.1, 0.15) is 5.69 Å². The minimum atomic E-state index is -1.80. The van der Waals surface area contributed by atoms with Crippen molar-refractivity contribution in [3.63, 3.8) is 0 Å². The second-order valence-electron chi connectivity index (χ2n) is 11.6. The largest absolute Gasteiger partial charge is 0.321 e. The van der Waals surface area contributed by atoms with Crippen molar-refractivity contribution in [1.82, 2.24) is 4.90 Å². The number of allylic oxidation sites excluding steroid dienone is 2. The Morgan fingerprint density at radius 3 is 2.46 bits per heavy atom. The van der Waals surface area contributed by atoms with E-state index in [2.05, 4.69) is 26.1 Å². The maximum Gasteiger partial charge on any atom is 0.228 e. The number of likely N-dealkylation sites (tertiary alicyclic amines) is 1. The molecule has 1 aromatic rings. The number of piperidine rings is 1. The molecule has 1 heterocycles. The summed E-state index contributed by atoms with van der Waals surface area (Å²) in [4.78, 5) is 27.5. The van der Waals surface area contributed by atoms with Gasteiger partial charge in [0, 0.05) is 36.6 Å². The maximum absolute atomic E-state index is 14.2. The van der Waals surface area contributed by atoms with Gasteiger partial charge in [-0.3, -0.25) is 9.59 Å². The first-order chi connectivity index (χ1) is 16.4. The van der Waals surface area contributed by atoms with E-state index in [1.54, 1.807) is 0 Å². The number of fused-ring (bicyclic) bond motifs is 5. The van der Waals surface area contributed by atoms with Crippen molar-refractivity contribution in [2.24, 2.45) is 34.5 Å². The van der Waals surface area contributed by atoms with Crippen molar-refractivity contribution in [2.45, 2.75) is 65.7 Å². The Bertz CT molecular complexity index is 1150. The molecule has 5 rings (SSSR count). The van der Waals surface area contributed by atoms with Gasteiger partial charge in [0.05, 0.1) is 0 Å². The van der Waals surface area contributed by atoms with Crippen LogP contribution in [-0.2, 0) is 9.59 Å². The number of carbonyl (C=O) groups excluding carboxylic acids is 2. The van der Waals surface area contributed by atoms with Crippen LogP contribution in [0.3, 0.4) is 0 Å². The first-order valence-corrected chi connectivity index (χ1v) is 12.5. The molecule has 0 spiro atoms. The smallest absolute Gasteiger partial charge is 0.228 e. The van der Waals surface area contributed by atoms with Gasteiger partial charge < -0.3 is 10.2 Å². The van der Waals surface area contributed by atoms with E-state index in [4.69, 9.17) is 0 Å². The zero-order valence-electron chi connectivity index (χ0n) is 20.6. The summed E-state index contributed by atoms with van der Waals surface area (Å²) in [6.45, 7) is 6.48. The second-order valence-corrected chi connectivity index (χ2v) is 11.6. The summed E-state index contributed by atoms with van der Waals surface area (Å²) in [5, 5.41) is 2.24. The maximum atomic E-state index is 14.2. The summed E-state index contributed by atoms with van der Waals surface area (Å²) in [6, 6.07) is 0.250. The van der Waals surface area contributed by atoms with Gasteiger partial charge in [-0.15, -0.1) is 0 Å². The number of amides is 2. The molecule has 0 bridgehead atoms. The Morgan fingerprint density at radius 1 is 1.03 bits per heavy atom. The Kier molecular flexibility index (Phi) is 5.61. The molecule has 1 saturated heterocycles. The van der Waals surface area contributed by atoms with Crippen molar-refractivity contribution >= 4 is 17.5 Å². The number of benzene rings is 1. The van der Waals surface area contributed by atoms with E-state index in [0.29, 0.717) is 24.7 Å². The molecule has 8 heteroatoms. The van der Waals surface area contributed by atoms with Crippen LogP contribution >= 0.6 is 0 Å². The molecule has 2 saturated carbocycles. The van der Waals surface area contributed by atoms with Crippen LogP contribution in [0.25, 0.3) is 0 Å². The number of nitrogens with zero attached hydrogens (tertiary/aromatic N) is 1. The second kappa shape index (κ2) is 8.07. The fraction of sp³-hybridized carbons (Fsp3) is 0.630. The number of carbonyl (C=O) groups is 2. The lowest BCUT2D eigenvalue weighted by Gasteiger charge is -2.59. The molecule has 3 fully saturated rings. The van der Waals surface area contributed by atoms with Crippen molar-refractivity contribution in [2.75, 3.05) is 12.4 Å². The predicted octanol–water partition coefficient (Wildman–Crippen LogP) is 6.18. The Labute approximate surface area is 203 Å². The molecule has 3 aliphatic carbocycles. The Morgan fingerprint density at radius 2 is 1.74 bits per heavy atom. The fourth-order valence-electron chi connectivity index (χ4n) is 8.43. The highest BCUT2D eigenvalue weighted by molar-refractivity contribution is 5.93. The molecule has 0 aromatic heterocycles. The highest BCUT2D eigenvalue weighted by Gasteiger charge is 2.61. The monoisotopic (exact) mass is 492 g/mol. The van der Waals surface area contributed by atoms with Crippen molar-refractivity contribution in [1.29, 1.82) is 0 Å². The van der Waals surface area contributed by atoms with Crippen LogP contribution in [-0.4, -0.2) is 23.8 Å². The molecule has 2 amide bonds. The number of hydrogen-bond acceptors (Lipinski definition) is 2. The van der Waals surface area contributed by atoms with Crippen LogP contribution in [0.5, 0.6) is 0 Å². The molecule has 1 aliphatic heterocycles. The zero-order valence-corrected chi connectivity index (χ0v) is 20.6. The van der Waals surface area contributed by atoms with Crippen LogP contribution in [0.15, 0.2) is 17.3 Å². The molecule has 1 aromatic carbocycles. The lowest BCUT2D eigenvalue weighted by molar-refractivity contribution is -0.137. The molecular weight excluding hydrogens is 460 g/mol. The van der Waals surface area contributed by atoms with E-state index in [0.717, 1.165) is 37.8 Å². The molecule has 4 nitrogen and oxygen atoms in total. The van der Waals surface area contributed by atoms with Crippen LogP contribution in [0.4, 0.5) is 23.2 Å². The molecule has 0 radical (unpaired) electrons. The third-order valence-electron chi connectivity index (χ3n) is 9.99. The third kappa shape index (κ3) is 3.38. The molecule has 190 valence electrons. The van der Waals surface area contributed by atoms with Crippen molar-refractivity contribution in [3.05, 3.63) is 40.6 Å². The average Bonchev–Trinajstić information content (AvgIpc) is 3.15. The number of hydrogen-bond donors (Lipinski definition) is 1. The van der Waals surface area contributed by atoms with Gasteiger partial charge in [0.15, 0.2) is 23.3 Å². The summed E-state index contributed by atoms with van der Waals surface area (Å²) in [7, 11) is 1.87. The first kappa shape index (κ1) is 24.3. The van der Waals surface area contributed by atoms with Gasteiger partial charge in [-0.25, -0.2) is 17.6 Å². The normalized spacial score (nSPS) is 36.6. The SMILES string of the molecule is CC1=C2N(C)C(=O)CC[C@]2(C)[C@H]2CC[C@]3(C)[C@@H](C(=O)Nc4c(F)cc(F)c(F)c4F)CC[C@H]3[C@@H]2C1. The quantitative estimate of drug-likeness (QED) is 0.305. The minimum absolute atomic E-state index is 0.0881. The topological polar surface area (TPSA) is 49.4 Å². The van der Waals surface area contributed by atoms with Crippen LogP contribution in [0, 0.1) is 57.8 Å². The highest BCUT2D eigenvalue weighted by atomic mass is 19.2. The lowest BCUT2D eigenvalue weighted by atomic mass is 9.48. The molecule has 4 aliphatic rings. The molecule has 6 atom stereocenters. The summed E-state index contributed by atoms with van der Waals surface area (Å²) in [5.74, 6) is -6.33. The van der Waals surface area contributed by atoms with Crippen LogP contribution < -0.4 is 5.32 Å². The van der Waals surface area contributed by atoms with E-state index >= 15 is 0 Å². The van der Waals surface area contributed by atoms with Crippen LogP contribution in [0.1, 0.15) is 65.7 Å². The Hall–Kier alpha value is -2.38. The van der Waals surface area contributed by atoms with Crippen LogP contribution in [0.2, 0.25) is 0 Å². The number of anilines is 1. The molecular formula is C27H32F4N2O2. The van der Waals surface area contributed by atoms with E-state index < -0.39 is 40.8 Å². The zero-order chi connectivity index (χ0) is 25.4. The Balaban J connectivity index is 1.43. The summed E-state index contributed by atoms with van der Waals surface area (Å²) >= 11 is 0. The molecule has 35 heavy (non-hydrogen) atoms. The predicted molar refractivity (Wildman–Crippen MR) is 123 cm³/mol. The molecule has 1 N–H and O–H groups in total. The number of rotatable bonds is 2. The standard InChI is InChI=1S/C27H32F4N2O2/c1-13-11-14-15-5-6-17(25(35)32-23-19(29)12-18(28)21(30)22(23)31)26(15,2)9-7-16(14)27(3)10-8-20(34)33(4)24(13)27/h12,14-17H,5-11H2,1-4H3,(H,32,35)/t14-,15-,16-,17+,26-,27+/m0/s1. The van der Waals surface area contributed by atoms with E-state index in [1.807, 2.05) is 11.9 Å². The van der Waals surface area contributed by atoms with Gasteiger partial charge in [0.2, 0.25) is 11.8 Å². The van der Waals surface area contributed by atoms with Crippen molar-refractivity contribution < 1.29 is 27.2 Å². The van der Waals surface area contributed by atoms with Gasteiger partial charge in [-0.05, 0) is 68.6 Å². The number of nitrogens with one attached hydrogen (secondary N) is 1. The van der Waals surface area contributed by atoms with Gasteiger partial charge in [-0.1, -0.05) is 19.4 Å².